The smallest absolute Gasteiger partial charge is 0.0629 e. The number of fused-ring (bicyclic) bond motifs is 5. The minimum Gasteiger partial charge on any atom is -0.309 e. The number of hydrogen-bond acceptors (Lipinski definition) is 1. The first-order valence-electron chi connectivity index (χ1n) is 18.5. The molecule has 0 radical (unpaired) electrons. The standard InChI is InChI=1S/C46H29NS/c1-3-10-32(11-4-1)36-24-27-45-46-38(36)15-9-16-39(46)41-29-34(23-26-44(41)48-45)31-20-18-30(19-21-31)33-22-25-43-40(28-33)37-14-7-8-17-42(37)47(43)35-12-5-2-6-13-35/h1-29H/i1D,3D,4D,10D,11D. The molecule has 0 amide bonds. The quantitative estimate of drug-likeness (QED) is 0.187. The third kappa shape index (κ3) is 4.27. The fraction of sp³-hybridized carbons (Fsp3) is 0. The van der Waals surface area contributed by atoms with Crippen molar-refractivity contribution in [1.29, 1.82) is 0 Å². The van der Waals surface area contributed by atoms with Crippen molar-refractivity contribution in [2.45, 2.75) is 9.79 Å². The lowest BCUT2D eigenvalue weighted by Gasteiger charge is -2.22. The van der Waals surface area contributed by atoms with Crippen LogP contribution in [0, 0.1) is 0 Å². The van der Waals surface area contributed by atoms with Gasteiger partial charge in [-0.1, -0.05) is 139 Å². The maximum Gasteiger partial charge on any atom is 0.0629 e. The molecule has 2 heterocycles. The largest absolute Gasteiger partial charge is 0.309 e. The van der Waals surface area contributed by atoms with Gasteiger partial charge >= 0.3 is 0 Å². The van der Waals surface area contributed by atoms with Gasteiger partial charge in [-0.3, -0.25) is 0 Å². The van der Waals surface area contributed by atoms with E-state index >= 15 is 0 Å². The SMILES string of the molecule is [2H]c1c([2H])c([2H])c(-c2ccc3c4c(cccc24)-c2cc(-c4ccc(-c5ccc6c(c5)c5ccccc5n6-c5ccccc5)cc4)ccc2S3)c([2H])c1[2H]. The van der Waals surface area contributed by atoms with Crippen LogP contribution in [0.2, 0.25) is 0 Å². The Morgan fingerprint density at radius 1 is 0.417 bits per heavy atom. The van der Waals surface area contributed by atoms with Crippen LogP contribution in [-0.2, 0) is 0 Å². The van der Waals surface area contributed by atoms with Crippen LogP contribution in [-0.4, -0.2) is 4.57 Å². The molecule has 10 rings (SSSR count). The molecule has 1 nitrogen and oxygen atoms in total. The van der Waals surface area contributed by atoms with Gasteiger partial charge in [0.05, 0.1) is 17.9 Å². The Morgan fingerprint density at radius 2 is 1.08 bits per heavy atom. The van der Waals surface area contributed by atoms with E-state index in [1.807, 2.05) is 30.3 Å². The van der Waals surface area contributed by atoms with Crippen LogP contribution >= 0.6 is 11.8 Å². The summed E-state index contributed by atoms with van der Waals surface area (Å²) in [4.78, 5) is 2.24. The van der Waals surface area contributed by atoms with Crippen molar-refractivity contribution in [3.63, 3.8) is 0 Å². The molecule has 0 N–H and O–H groups in total. The summed E-state index contributed by atoms with van der Waals surface area (Å²) in [7, 11) is 0. The van der Waals surface area contributed by atoms with Crippen molar-refractivity contribution in [2.75, 3.05) is 0 Å². The maximum absolute atomic E-state index is 8.65. The van der Waals surface area contributed by atoms with E-state index < -0.39 is 0 Å². The van der Waals surface area contributed by atoms with E-state index in [0.29, 0.717) is 5.56 Å². The van der Waals surface area contributed by atoms with Gasteiger partial charge in [0, 0.05) is 31.6 Å². The van der Waals surface area contributed by atoms with E-state index in [-0.39, 0.29) is 35.8 Å². The molecule has 0 atom stereocenters. The minimum absolute atomic E-state index is 0.190. The third-order valence-corrected chi connectivity index (χ3v) is 10.6. The van der Waals surface area contributed by atoms with Gasteiger partial charge in [-0.05, 0) is 98.4 Å². The molecule has 0 spiro atoms. The van der Waals surface area contributed by atoms with Crippen LogP contribution in [0.1, 0.15) is 6.85 Å². The average Bonchev–Trinajstić information content (AvgIpc) is 3.54. The monoisotopic (exact) mass is 632 g/mol. The number of benzene rings is 8. The normalized spacial score (nSPS) is 13.5. The van der Waals surface area contributed by atoms with E-state index in [1.54, 1.807) is 11.8 Å². The highest BCUT2D eigenvalue weighted by molar-refractivity contribution is 7.99. The van der Waals surface area contributed by atoms with Gasteiger partial charge in [-0.2, -0.15) is 0 Å². The van der Waals surface area contributed by atoms with Gasteiger partial charge in [0.1, 0.15) is 0 Å². The number of nitrogens with zero attached hydrogens (tertiary/aromatic N) is 1. The third-order valence-electron chi connectivity index (χ3n) is 9.50. The molecule has 1 aromatic heterocycles. The fourth-order valence-corrected chi connectivity index (χ4v) is 8.39. The summed E-state index contributed by atoms with van der Waals surface area (Å²) in [5, 5.41) is 4.36. The van der Waals surface area contributed by atoms with Gasteiger partial charge in [0.2, 0.25) is 0 Å². The molecular formula is C46H29NS. The Hall–Kier alpha value is -5.83. The summed E-state index contributed by atoms with van der Waals surface area (Å²) in [6, 6.07) is 49.8. The summed E-state index contributed by atoms with van der Waals surface area (Å²) in [5.41, 5.74) is 11.1. The van der Waals surface area contributed by atoms with Gasteiger partial charge in [-0.15, -0.1) is 0 Å². The summed E-state index contributed by atoms with van der Waals surface area (Å²) in [6.45, 7) is 0. The highest BCUT2D eigenvalue weighted by Gasteiger charge is 2.21. The Labute approximate surface area is 290 Å². The number of hydrogen-bond donors (Lipinski definition) is 0. The molecule has 48 heavy (non-hydrogen) atoms. The molecule has 0 bridgehead atoms. The van der Waals surface area contributed by atoms with Gasteiger partial charge in [-0.25, -0.2) is 0 Å². The van der Waals surface area contributed by atoms with E-state index in [0.717, 1.165) is 54.1 Å². The topological polar surface area (TPSA) is 4.93 Å². The first-order chi connectivity index (χ1) is 25.9. The van der Waals surface area contributed by atoms with Crippen molar-refractivity contribution in [3.05, 3.63) is 176 Å². The van der Waals surface area contributed by atoms with Crippen molar-refractivity contribution < 1.29 is 6.85 Å². The zero-order chi connectivity index (χ0) is 36.0. The second-order valence-corrected chi connectivity index (χ2v) is 13.2. The van der Waals surface area contributed by atoms with Crippen molar-refractivity contribution in [2.24, 2.45) is 0 Å². The second kappa shape index (κ2) is 10.9. The van der Waals surface area contributed by atoms with E-state index in [2.05, 4.69) is 120 Å². The van der Waals surface area contributed by atoms with Crippen LogP contribution in [0.3, 0.4) is 0 Å². The zero-order valence-corrected chi connectivity index (χ0v) is 26.5. The predicted molar refractivity (Wildman–Crippen MR) is 204 cm³/mol. The highest BCUT2D eigenvalue weighted by Crippen LogP contribution is 2.50. The highest BCUT2D eigenvalue weighted by atomic mass is 32.2. The Morgan fingerprint density at radius 3 is 1.92 bits per heavy atom. The molecule has 9 aromatic rings. The lowest BCUT2D eigenvalue weighted by Crippen LogP contribution is -1.95. The van der Waals surface area contributed by atoms with Crippen LogP contribution in [0.15, 0.2) is 186 Å². The molecular weight excluding hydrogens is 599 g/mol. The van der Waals surface area contributed by atoms with Gasteiger partial charge in [0.25, 0.3) is 0 Å². The van der Waals surface area contributed by atoms with Gasteiger partial charge < -0.3 is 4.57 Å². The predicted octanol–water partition coefficient (Wildman–Crippen LogP) is 13.1. The number of para-hydroxylation sites is 2. The Balaban J connectivity index is 1.04. The number of rotatable bonds is 4. The fourth-order valence-electron chi connectivity index (χ4n) is 7.28. The van der Waals surface area contributed by atoms with Crippen LogP contribution in [0.25, 0.3) is 82.8 Å². The van der Waals surface area contributed by atoms with Crippen molar-refractivity contribution >= 4 is 44.3 Å². The molecule has 0 saturated heterocycles. The van der Waals surface area contributed by atoms with Crippen LogP contribution in [0.5, 0.6) is 0 Å². The molecule has 8 aromatic carbocycles. The number of aromatic nitrogens is 1. The van der Waals surface area contributed by atoms with E-state index in [4.69, 9.17) is 6.85 Å². The first-order valence-corrected chi connectivity index (χ1v) is 16.8. The van der Waals surface area contributed by atoms with Crippen molar-refractivity contribution in [3.8, 4) is 50.2 Å². The lowest BCUT2D eigenvalue weighted by atomic mass is 9.91. The summed E-state index contributed by atoms with van der Waals surface area (Å²) < 4.78 is 44.2. The average molecular weight is 633 g/mol. The summed E-state index contributed by atoms with van der Waals surface area (Å²) in [6.07, 6.45) is 0. The molecule has 0 saturated carbocycles. The Bertz CT molecular complexity index is 2940. The minimum atomic E-state index is -0.384. The molecule has 0 unspecified atom stereocenters. The van der Waals surface area contributed by atoms with E-state index in [1.165, 1.54) is 27.4 Å². The van der Waals surface area contributed by atoms with Gasteiger partial charge in [0.15, 0.2) is 0 Å². The van der Waals surface area contributed by atoms with Crippen molar-refractivity contribution in [1.82, 2.24) is 4.57 Å². The Kier molecular flexibility index (Phi) is 5.13. The summed E-state index contributed by atoms with van der Waals surface area (Å²) in [5.74, 6) is 0. The van der Waals surface area contributed by atoms with Crippen LogP contribution < -0.4 is 0 Å². The molecule has 2 heteroatoms. The molecule has 1 aliphatic rings. The van der Waals surface area contributed by atoms with Crippen LogP contribution in [0.4, 0.5) is 0 Å². The van der Waals surface area contributed by atoms with E-state index in [9.17, 15) is 0 Å². The summed E-state index contributed by atoms with van der Waals surface area (Å²) >= 11 is 1.70. The zero-order valence-electron chi connectivity index (χ0n) is 30.7. The molecule has 1 aliphatic heterocycles. The maximum atomic E-state index is 8.65. The lowest BCUT2D eigenvalue weighted by molar-refractivity contribution is 1.18. The molecule has 0 fully saturated rings. The second-order valence-electron chi connectivity index (χ2n) is 12.1. The first kappa shape index (κ1) is 22.7. The molecule has 224 valence electrons. The molecule has 0 aliphatic carbocycles.